The maximum atomic E-state index is 5.75. The number of rotatable bonds is 4. The molecule has 0 amide bonds. The topological polar surface area (TPSA) is 53.1 Å². The molecule has 3 rings (SSSR count). The van der Waals surface area contributed by atoms with Gasteiger partial charge in [0.2, 0.25) is 0 Å². The Morgan fingerprint density at radius 2 is 2.24 bits per heavy atom. The minimum Gasteiger partial charge on any atom is -0.378 e. The zero-order valence-corrected chi connectivity index (χ0v) is 13.2. The van der Waals surface area contributed by atoms with Gasteiger partial charge in [-0.05, 0) is 37.0 Å². The molecular formula is C17H25N3O. The molecule has 1 saturated heterocycles. The minimum absolute atomic E-state index is 0.335. The van der Waals surface area contributed by atoms with Crippen LogP contribution < -0.4 is 5.73 Å². The fourth-order valence-corrected chi connectivity index (χ4v) is 3.19. The van der Waals surface area contributed by atoms with E-state index in [1.807, 2.05) is 0 Å². The molecule has 4 nitrogen and oxygen atoms in total. The number of hydrogen-bond acceptors (Lipinski definition) is 3. The van der Waals surface area contributed by atoms with Gasteiger partial charge in [-0.25, -0.2) is 4.98 Å². The van der Waals surface area contributed by atoms with E-state index >= 15 is 0 Å². The highest BCUT2D eigenvalue weighted by Gasteiger charge is 2.28. The summed E-state index contributed by atoms with van der Waals surface area (Å²) < 4.78 is 8.13. The zero-order valence-electron chi connectivity index (χ0n) is 13.2. The van der Waals surface area contributed by atoms with E-state index in [1.54, 1.807) is 0 Å². The number of nitrogens with two attached hydrogens (primary N) is 1. The summed E-state index contributed by atoms with van der Waals surface area (Å²) in [5.41, 5.74) is 9.17. The van der Waals surface area contributed by atoms with Crippen LogP contribution in [0.4, 0.5) is 0 Å². The van der Waals surface area contributed by atoms with Crippen LogP contribution in [0.1, 0.15) is 44.5 Å². The van der Waals surface area contributed by atoms with Crippen LogP contribution in [0, 0.1) is 5.92 Å². The Morgan fingerprint density at radius 1 is 1.43 bits per heavy atom. The van der Waals surface area contributed by atoms with Gasteiger partial charge < -0.3 is 15.0 Å². The van der Waals surface area contributed by atoms with Crippen molar-refractivity contribution >= 4 is 11.0 Å². The minimum atomic E-state index is 0.335. The molecule has 2 unspecified atom stereocenters. The largest absolute Gasteiger partial charge is 0.378 e. The summed E-state index contributed by atoms with van der Waals surface area (Å²) in [7, 11) is 0. The van der Waals surface area contributed by atoms with Gasteiger partial charge in [0.1, 0.15) is 5.82 Å². The van der Waals surface area contributed by atoms with E-state index in [9.17, 15) is 0 Å². The first kappa shape index (κ1) is 14.5. The van der Waals surface area contributed by atoms with Gasteiger partial charge in [-0.2, -0.15) is 0 Å². The lowest BCUT2D eigenvalue weighted by molar-refractivity contribution is 0.123. The van der Waals surface area contributed by atoms with Gasteiger partial charge >= 0.3 is 0 Å². The summed E-state index contributed by atoms with van der Waals surface area (Å²) in [6.07, 6.45) is 1.40. The van der Waals surface area contributed by atoms with Gasteiger partial charge in [-0.15, -0.1) is 0 Å². The Hall–Kier alpha value is -1.39. The lowest BCUT2D eigenvalue weighted by Gasteiger charge is -2.15. The molecule has 0 radical (unpaired) electrons. The molecule has 1 aliphatic rings. The fourth-order valence-electron chi connectivity index (χ4n) is 3.19. The van der Waals surface area contributed by atoms with Gasteiger partial charge in [-0.1, -0.05) is 19.9 Å². The summed E-state index contributed by atoms with van der Waals surface area (Å²) in [6, 6.07) is 6.39. The molecule has 2 aromatic rings. The Labute approximate surface area is 126 Å². The van der Waals surface area contributed by atoms with Crippen LogP contribution in [0.5, 0.6) is 0 Å². The molecular weight excluding hydrogens is 262 g/mol. The van der Waals surface area contributed by atoms with Crippen LogP contribution in [-0.4, -0.2) is 22.3 Å². The van der Waals surface area contributed by atoms with Crippen molar-refractivity contribution in [1.82, 2.24) is 9.55 Å². The van der Waals surface area contributed by atoms with Gasteiger partial charge in [0.25, 0.3) is 0 Å². The van der Waals surface area contributed by atoms with E-state index in [1.165, 1.54) is 11.3 Å². The van der Waals surface area contributed by atoms with Gasteiger partial charge in [-0.3, -0.25) is 0 Å². The number of nitrogens with zero attached hydrogens (tertiary/aromatic N) is 2. The molecule has 2 heterocycles. The second-order valence-electron chi connectivity index (χ2n) is 6.58. The first-order valence-corrected chi connectivity index (χ1v) is 7.89. The molecule has 1 aromatic carbocycles. The van der Waals surface area contributed by atoms with Crippen LogP contribution in [0.15, 0.2) is 18.2 Å². The number of imidazole rings is 1. The van der Waals surface area contributed by atoms with Crippen LogP contribution in [-0.2, 0) is 17.8 Å². The van der Waals surface area contributed by atoms with E-state index in [0.29, 0.717) is 24.5 Å². The highest BCUT2D eigenvalue weighted by atomic mass is 16.5. The van der Waals surface area contributed by atoms with E-state index in [-0.39, 0.29) is 0 Å². The number of aromatic nitrogens is 2. The highest BCUT2D eigenvalue weighted by molar-refractivity contribution is 5.77. The van der Waals surface area contributed by atoms with Crippen LogP contribution in [0.2, 0.25) is 0 Å². The standard InChI is InChI=1S/C17H25N3O/c1-11(2)9-20-16-5-4-13(8-18)7-15(16)19-17(20)14-6-12(3)21-10-14/h4-5,7,11-12,14H,6,8-10,18H2,1-3H3. The van der Waals surface area contributed by atoms with Crippen molar-refractivity contribution in [3.63, 3.8) is 0 Å². The molecule has 0 spiro atoms. The number of fused-ring (bicyclic) bond motifs is 1. The first-order chi connectivity index (χ1) is 10.1. The Morgan fingerprint density at radius 3 is 2.86 bits per heavy atom. The molecule has 2 atom stereocenters. The molecule has 1 aliphatic heterocycles. The summed E-state index contributed by atoms with van der Waals surface area (Å²) >= 11 is 0. The predicted molar refractivity (Wildman–Crippen MR) is 85.2 cm³/mol. The molecule has 114 valence electrons. The zero-order chi connectivity index (χ0) is 15.0. The fraction of sp³-hybridized carbons (Fsp3) is 0.588. The van der Waals surface area contributed by atoms with Crippen molar-refractivity contribution in [2.75, 3.05) is 6.61 Å². The molecule has 2 N–H and O–H groups in total. The normalized spacial score (nSPS) is 22.5. The Bertz CT molecular complexity index is 632. The summed E-state index contributed by atoms with van der Waals surface area (Å²) in [4.78, 5) is 4.92. The van der Waals surface area contributed by atoms with Crippen LogP contribution in [0.25, 0.3) is 11.0 Å². The van der Waals surface area contributed by atoms with E-state index in [0.717, 1.165) is 30.7 Å². The van der Waals surface area contributed by atoms with Gasteiger partial charge in [0, 0.05) is 19.0 Å². The molecule has 21 heavy (non-hydrogen) atoms. The average molecular weight is 287 g/mol. The second kappa shape index (κ2) is 5.78. The summed E-state index contributed by atoms with van der Waals surface area (Å²) in [5, 5.41) is 0. The van der Waals surface area contributed by atoms with Crippen molar-refractivity contribution in [1.29, 1.82) is 0 Å². The third-order valence-corrected chi connectivity index (χ3v) is 4.19. The van der Waals surface area contributed by atoms with E-state index < -0.39 is 0 Å². The van der Waals surface area contributed by atoms with Crippen molar-refractivity contribution in [3.8, 4) is 0 Å². The molecule has 0 bridgehead atoms. The third-order valence-electron chi connectivity index (χ3n) is 4.19. The van der Waals surface area contributed by atoms with Crippen molar-refractivity contribution < 1.29 is 4.74 Å². The quantitative estimate of drug-likeness (QED) is 0.940. The maximum Gasteiger partial charge on any atom is 0.115 e. The first-order valence-electron chi connectivity index (χ1n) is 7.89. The number of ether oxygens (including phenoxy) is 1. The third kappa shape index (κ3) is 2.83. The summed E-state index contributed by atoms with van der Waals surface area (Å²) in [5.74, 6) is 2.18. The van der Waals surface area contributed by atoms with E-state index in [4.69, 9.17) is 15.5 Å². The highest BCUT2D eigenvalue weighted by Crippen LogP contribution is 2.31. The van der Waals surface area contributed by atoms with E-state index in [2.05, 4.69) is 43.5 Å². The Balaban J connectivity index is 2.07. The molecule has 1 aromatic heterocycles. The lowest BCUT2D eigenvalue weighted by Crippen LogP contribution is -2.12. The van der Waals surface area contributed by atoms with Crippen molar-refractivity contribution in [2.45, 2.75) is 52.3 Å². The summed E-state index contributed by atoms with van der Waals surface area (Å²) in [6.45, 7) is 8.98. The maximum absolute atomic E-state index is 5.75. The van der Waals surface area contributed by atoms with Crippen molar-refractivity contribution in [2.24, 2.45) is 11.7 Å². The molecule has 4 heteroatoms. The number of benzene rings is 1. The van der Waals surface area contributed by atoms with Gasteiger partial charge in [0.15, 0.2) is 0 Å². The molecule has 0 saturated carbocycles. The molecule has 1 fully saturated rings. The number of hydrogen-bond donors (Lipinski definition) is 1. The van der Waals surface area contributed by atoms with Gasteiger partial charge in [0.05, 0.1) is 23.7 Å². The van der Waals surface area contributed by atoms with Crippen LogP contribution in [0.3, 0.4) is 0 Å². The predicted octanol–water partition coefficient (Wildman–Crippen LogP) is 3.04. The monoisotopic (exact) mass is 287 g/mol. The molecule has 0 aliphatic carbocycles. The SMILES string of the molecule is CC(C)Cn1c(C2COC(C)C2)nc2cc(CN)ccc21. The lowest BCUT2D eigenvalue weighted by atomic mass is 10.1. The van der Waals surface area contributed by atoms with Crippen molar-refractivity contribution in [3.05, 3.63) is 29.6 Å². The smallest absolute Gasteiger partial charge is 0.115 e. The second-order valence-corrected chi connectivity index (χ2v) is 6.58. The van der Waals surface area contributed by atoms with Crippen LogP contribution >= 0.6 is 0 Å². The average Bonchev–Trinajstić information content (AvgIpc) is 3.02. The Kier molecular flexibility index (Phi) is 4.00.